The standard InChI is InChI=1S/C22H27N3O3S/c23-20(27)19-16-6-8-22(14-17(16)29-21(19)24,15-4-2-1-3-5-15)9-7-18(26)25-10-12-28-13-11-25/h1-5H,6-14,24H2,(H2,23,27). The molecule has 1 aromatic carbocycles. The van der Waals surface area contributed by atoms with E-state index in [-0.39, 0.29) is 11.3 Å². The van der Waals surface area contributed by atoms with Gasteiger partial charge in [-0.2, -0.15) is 0 Å². The van der Waals surface area contributed by atoms with Crippen molar-refractivity contribution in [1.29, 1.82) is 0 Å². The fourth-order valence-electron chi connectivity index (χ4n) is 4.68. The second-order valence-corrected chi connectivity index (χ2v) is 9.06. The highest BCUT2D eigenvalue weighted by Crippen LogP contribution is 2.46. The fourth-order valence-corrected chi connectivity index (χ4v) is 5.95. The number of morpholine rings is 1. The zero-order chi connectivity index (χ0) is 20.4. The van der Waals surface area contributed by atoms with Crippen LogP contribution in [0.15, 0.2) is 30.3 Å². The van der Waals surface area contributed by atoms with Crippen LogP contribution in [-0.4, -0.2) is 43.0 Å². The largest absolute Gasteiger partial charge is 0.390 e. The van der Waals surface area contributed by atoms with Crippen LogP contribution in [0.25, 0.3) is 0 Å². The van der Waals surface area contributed by atoms with Crippen molar-refractivity contribution in [2.75, 3.05) is 32.0 Å². The van der Waals surface area contributed by atoms with Gasteiger partial charge < -0.3 is 21.1 Å². The minimum Gasteiger partial charge on any atom is -0.390 e. The Morgan fingerprint density at radius 1 is 1.17 bits per heavy atom. The van der Waals surface area contributed by atoms with Crippen LogP contribution in [0.4, 0.5) is 5.00 Å². The molecule has 0 bridgehead atoms. The third-order valence-corrected chi connectivity index (χ3v) is 7.35. The average molecular weight is 414 g/mol. The maximum Gasteiger partial charge on any atom is 0.251 e. The van der Waals surface area contributed by atoms with Gasteiger partial charge in [-0.3, -0.25) is 9.59 Å². The Labute approximate surface area is 174 Å². The molecular formula is C22H27N3O3S. The minimum absolute atomic E-state index is 0.136. The molecule has 1 aliphatic heterocycles. The first-order valence-corrected chi connectivity index (χ1v) is 10.9. The predicted molar refractivity (Wildman–Crippen MR) is 114 cm³/mol. The molecule has 1 atom stereocenters. The molecule has 4 rings (SSSR count). The number of hydrogen-bond acceptors (Lipinski definition) is 5. The Morgan fingerprint density at radius 2 is 1.90 bits per heavy atom. The molecule has 1 aliphatic carbocycles. The summed E-state index contributed by atoms with van der Waals surface area (Å²) in [4.78, 5) is 27.7. The molecule has 7 heteroatoms. The van der Waals surface area contributed by atoms with Crippen LogP contribution in [0.5, 0.6) is 0 Å². The number of amides is 2. The molecule has 4 N–H and O–H groups in total. The molecule has 6 nitrogen and oxygen atoms in total. The summed E-state index contributed by atoms with van der Waals surface area (Å²) < 4.78 is 5.36. The second kappa shape index (κ2) is 8.16. The quantitative estimate of drug-likeness (QED) is 0.787. The Morgan fingerprint density at radius 3 is 2.59 bits per heavy atom. The highest BCUT2D eigenvalue weighted by atomic mass is 32.1. The normalized spacial score (nSPS) is 21.6. The number of anilines is 1. The van der Waals surface area contributed by atoms with E-state index >= 15 is 0 Å². The van der Waals surface area contributed by atoms with E-state index in [0.717, 1.165) is 36.1 Å². The zero-order valence-corrected chi connectivity index (χ0v) is 17.3. The summed E-state index contributed by atoms with van der Waals surface area (Å²) in [6.45, 7) is 2.57. The predicted octanol–water partition coefficient (Wildman–Crippen LogP) is 2.49. The summed E-state index contributed by atoms with van der Waals surface area (Å²) in [6.07, 6.45) is 3.69. The number of nitrogen functional groups attached to an aromatic ring is 1. The lowest BCUT2D eigenvalue weighted by atomic mass is 9.66. The third-order valence-electron chi connectivity index (χ3n) is 6.28. The third kappa shape index (κ3) is 3.89. The lowest BCUT2D eigenvalue weighted by molar-refractivity contribution is -0.135. The molecular weight excluding hydrogens is 386 g/mol. The van der Waals surface area contributed by atoms with Gasteiger partial charge in [0, 0.05) is 29.8 Å². The number of thiophene rings is 1. The van der Waals surface area contributed by atoms with Gasteiger partial charge in [0.05, 0.1) is 23.8 Å². The van der Waals surface area contributed by atoms with E-state index < -0.39 is 5.91 Å². The van der Waals surface area contributed by atoms with Crippen LogP contribution in [-0.2, 0) is 27.8 Å². The Bertz CT molecular complexity index is 906. The Hall–Kier alpha value is -2.38. The first kappa shape index (κ1) is 19.9. The van der Waals surface area contributed by atoms with Crippen molar-refractivity contribution in [2.24, 2.45) is 5.73 Å². The van der Waals surface area contributed by atoms with Crippen LogP contribution in [0.1, 0.15) is 45.6 Å². The monoisotopic (exact) mass is 413 g/mol. The van der Waals surface area contributed by atoms with Crippen molar-refractivity contribution in [1.82, 2.24) is 4.90 Å². The number of nitrogens with two attached hydrogens (primary N) is 2. The highest BCUT2D eigenvalue weighted by Gasteiger charge is 2.39. The molecule has 2 amide bonds. The smallest absolute Gasteiger partial charge is 0.251 e. The van der Waals surface area contributed by atoms with Crippen LogP contribution in [0.3, 0.4) is 0 Å². The number of fused-ring (bicyclic) bond motifs is 1. The van der Waals surface area contributed by atoms with Crippen LogP contribution >= 0.6 is 11.3 Å². The van der Waals surface area contributed by atoms with Gasteiger partial charge in [0.1, 0.15) is 0 Å². The maximum atomic E-state index is 12.8. The summed E-state index contributed by atoms with van der Waals surface area (Å²) in [5, 5.41) is 0.510. The number of nitrogens with zero attached hydrogens (tertiary/aromatic N) is 1. The van der Waals surface area contributed by atoms with Gasteiger partial charge in [-0.05, 0) is 36.8 Å². The number of hydrogen-bond donors (Lipinski definition) is 2. The van der Waals surface area contributed by atoms with Crippen molar-refractivity contribution in [2.45, 2.75) is 37.5 Å². The van der Waals surface area contributed by atoms with E-state index in [4.69, 9.17) is 16.2 Å². The van der Waals surface area contributed by atoms with Gasteiger partial charge in [-0.15, -0.1) is 11.3 Å². The molecule has 1 unspecified atom stereocenters. The molecule has 29 heavy (non-hydrogen) atoms. The molecule has 1 fully saturated rings. The maximum absolute atomic E-state index is 12.8. The van der Waals surface area contributed by atoms with E-state index in [1.165, 1.54) is 16.9 Å². The summed E-state index contributed by atoms with van der Waals surface area (Å²) in [7, 11) is 0. The molecule has 0 radical (unpaired) electrons. The molecule has 0 spiro atoms. The van der Waals surface area contributed by atoms with Crippen molar-refractivity contribution >= 4 is 28.2 Å². The number of rotatable bonds is 5. The highest BCUT2D eigenvalue weighted by molar-refractivity contribution is 7.16. The van der Waals surface area contributed by atoms with Crippen LogP contribution < -0.4 is 11.5 Å². The van der Waals surface area contributed by atoms with E-state index in [0.29, 0.717) is 43.3 Å². The van der Waals surface area contributed by atoms with Gasteiger partial charge in [0.2, 0.25) is 5.91 Å². The van der Waals surface area contributed by atoms with Crippen LogP contribution in [0.2, 0.25) is 0 Å². The van der Waals surface area contributed by atoms with Crippen molar-refractivity contribution < 1.29 is 14.3 Å². The van der Waals surface area contributed by atoms with E-state index in [1.807, 2.05) is 23.1 Å². The average Bonchev–Trinajstić information content (AvgIpc) is 3.08. The summed E-state index contributed by atoms with van der Waals surface area (Å²) in [5.74, 6) is -0.257. The lowest BCUT2D eigenvalue weighted by Crippen LogP contribution is -2.42. The van der Waals surface area contributed by atoms with Gasteiger partial charge in [0.15, 0.2) is 0 Å². The Kier molecular flexibility index (Phi) is 5.61. The topological polar surface area (TPSA) is 98.7 Å². The molecule has 2 aliphatic rings. The van der Waals surface area contributed by atoms with E-state index in [9.17, 15) is 9.59 Å². The van der Waals surface area contributed by atoms with E-state index in [2.05, 4.69) is 12.1 Å². The number of carbonyl (C=O) groups is 2. The van der Waals surface area contributed by atoms with Crippen molar-refractivity contribution in [3.05, 3.63) is 51.9 Å². The van der Waals surface area contributed by atoms with Gasteiger partial charge in [0.25, 0.3) is 5.91 Å². The van der Waals surface area contributed by atoms with Gasteiger partial charge in [-0.25, -0.2) is 0 Å². The Balaban J connectivity index is 1.60. The fraction of sp³-hybridized carbons (Fsp3) is 0.455. The minimum atomic E-state index is -0.449. The lowest BCUT2D eigenvalue weighted by Gasteiger charge is -2.38. The number of benzene rings is 1. The number of carbonyl (C=O) groups excluding carboxylic acids is 2. The van der Waals surface area contributed by atoms with Gasteiger partial charge in [-0.1, -0.05) is 30.3 Å². The van der Waals surface area contributed by atoms with Crippen molar-refractivity contribution in [3.8, 4) is 0 Å². The zero-order valence-electron chi connectivity index (χ0n) is 16.5. The molecule has 1 aromatic heterocycles. The molecule has 2 heterocycles. The SMILES string of the molecule is NC(=O)c1c(N)sc2c1CCC(CCC(=O)N1CCOCC1)(c1ccccc1)C2. The van der Waals surface area contributed by atoms with Crippen molar-refractivity contribution in [3.63, 3.8) is 0 Å². The second-order valence-electron chi connectivity index (χ2n) is 7.92. The molecule has 2 aromatic rings. The number of primary amides is 1. The molecule has 154 valence electrons. The molecule has 1 saturated heterocycles. The summed E-state index contributed by atoms with van der Waals surface area (Å²) in [6, 6.07) is 10.4. The first-order chi connectivity index (χ1) is 14.0. The first-order valence-electron chi connectivity index (χ1n) is 10.1. The number of ether oxygens (including phenoxy) is 1. The van der Waals surface area contributed by atoms with Crippen LogP contribution in [0, 0.1) is 0 Å². The van der Waals surface area contributed by atoms with E-state index in [1.54, 1.807) is 0 Å². The summed E-state index contributed by atoms with van der Waals surface area (Å²) >= 11 is 1.47. The van der Waals surface area contributed by atoms with Gasteiger partial charge >= 0.3 is 0 Å². The molecule has 0 saturated carbocycles. The summed E-state index contributed by atoms with van der Waals surface area (Å²) in [5.41, 5.74) is 14.3.